The van der Waals surface area contributed by atoms with Crippen LogP contribution in [0.4, 0.5) is 16.4 Å². The lowest BCUT2D eigenvalue weighted by Crippen LogP contribution is -2.23. The van der Waals surface area contributed by atoms with Crippen molar-refractivity contribution >= 4 is 45.4 Å². The quantitative estimate of drug-likeness (QED) is 0.689. The molecule has 0 bridgehead atoms. The first kappa shape index (κ1) is 17.4. The second-order valence-corrected chi connectivity index (χ2v) is 8.42. The zero-order valence-electron chi connectivity index (χ0n) is 14.9. The molecule has 2 aliphatic rings. The third kappa shape index (κ3) is 3.29. The van der Waals surface area contributed by atoms with Gasteiger partial charge in [-0.25, -0.2) is 4.98 Å². The fourth-order valence-corrected chi connectivity index (χ4v) is 5.06. The maximum absolute atomic E-state index is 12.7. The minimum atomic E-state index is -0.134. The molecule has 0 fully saturated rings. The van der Waals surface area contributed by atoms with Crippen molar-refractivity contribution in [1.82, 2.24) is 4.98 Å². The van der Waals surface area contributed by atoms with Crippen molar-refractivity contribution in [3.05, 3.63) is 53.5 Å². The van der Waals surface area contributed by atoms with Crippen LogP contribution in [0, 0.1) is 0 Å². The number of ether oxygens (including phenoxy) is 2. The number of fused-ring (bicyclic) bond motifs is 2. The number of aromatic nitrogens is 1. The molecule has 1 aromatic carbocycles. The number of carbonyl (C=O) groups is 1. The zero-order valence-corrected chi connectivity index (χ0v) is 16.5. The third-order valence-electron chi connectivity index (χ3n) is 4.48. The maximum atomic E-state index is 12.7. The van der Waals surface area contributed by atoms with E-state index in [4.69, 9.17) is 9.47 Å². The molecule has 3 aromatic rings. The van der Waals surface area contributed by atoms with Gasteiger partial charge in [0.2, 0.25) is 0 Å². The molecule has 8 heteroatoms. The Balaban J connectivity index is 1.35. The largest absolute Gasteiger partial charge is 0.486 e. The standard InChI is InChI=1S/C20H17N3O3S2/c24-19(22-13-3-4-15-16(12-13)26-10-9-25-15)17-5-6-18(28-17)23-8-11-27-20-14(23)2-1-7-21-20/h1-7,12H,8-11H2,(H,22,24). The van der Waals surface area contributed by atoms with Gasteiger partial charge in [0, 0.05) is 30.2 Å². The Morgan fingerprint density at radius 1 is 1.11 bits per heavy atom. The lowest BCUT2D eigenvalue weighted by Gasteiger charge is -2.28. The number of carbonyl (C=O) groups excluding carboxylic acids is 1. The van der Waals surface area contributed by atoms with Crippen molar-refractivity contribution in [3.8, 4) is 11.5 Å². The molecular weight excluding hydrogens is 394 g/mol. The number of hydrogen-bond acceptors (Lipinski definition) is 7. The fraction of sp³-hybridized carbons (Fsp3) is 0.200. The number of hydrogen-bond donors (Lipinski definition) is 1. The monoisotopic (exact) mass is 411 g/mol. The van der Waals surface area contributed by atoms with Crippen LogP contribution in [-0.4, -0.2) is 36.4 Å². The van der Waals surface area contributed by atoms with E-state index < -0.39 is 0 Å². The van der Waals surface area contributed by atoms with Crippen molar-refractivity contribution < 1.29 is 14.3 Å². The Labute approximate surface area is 170 Å². The molecule has 0 saturated heterocycles. The van der Waals surface area contributed by atoms with Crippen LogP contribution in [0.1, 0.15) is 9.67 Å². The number of amides is 1. The number of thiophene rings is 1. The van der Waals surface area contributed by atoms with Gasteiger partial charge in [-0.15, -0.1) is 23.1 Å². The van der Waals surface area contributed by atoms with Gasteiger partial charge in [0.25, 0.3) is 5.91 Å². The van der Waals surface area contributed by atoms with E-state index in [-0.39, 0.29) is 5.91 Å². The van der Waals surface area contributed by atoms with E-state index in [0.717, 1.165) is 28.0 Å². The predicted molar refractivity (Wildman–Crippen MR) is 112 cm³/mol. The first-order valence-corrected chi connectivity index (χ1v) is 10.7. The molecule has 0 atom stereocenters. The lowest BCUT2D eigenvalue weighted by molar-refractivity contribution is 0.103. The SMILES string of the molecule is O=C(Nc1ccc2c(c1)OCCO2)c1ccc(N2CCSc3ncccc32)s1. The summed E-state index contributed by atoms with van der Waals surface area (Å²) in [5.41, 5.74) is 1.78. The Bertz CT molecular complexity index is 1040. The molecule has 142 valence electrons. The summed E-state index contributed by atoms with van der Waals surface area (Å²) < 4.78 is 11.1. The van der Waals surface area contributed by atoms with Crippen LogP contribution in [0.25, 0.3) is 0 Å². The van der Waals surface area contributed by atoms with Gasteiger partial charge >= 0.3 is 0 Å². The average Bonchev–Trinajstić information content (AvgIpc) is 3.23. The van der Waals surface area contributed by atoms with Crippen LogP contribution in [0.5, 0.6) is 11.5 Å². The van der Waals surface area contributed by atoms with E-state index in [1.165, 1.54) is 11.3 Å². The predicted octanol–water partition coefficient (Wildman–Crippen LogP) is 4.41. The van der Waals surface area contributed by atoms with Crippen LogP contribution in [0.3, 0.4) is 0 Å². The number of benzene rings is 1. The highest BCUT2D eigenvalue weighted by Gasteiger charge is 2.22. The molecule has 6 nitrogen and oxygen atoms in total. The Hall–Kier alpha value is -2.71. The molecule has 5 rings (SSSR count). The van der Waals surface area contributed by atoms with E-state index in [9.17, 15) is 4.79 Å². The highest BCUT2D eigenvalue weighted by atomic mass is 32.2. The maximum Gasteiger partial charge on any atom is 0.265 e. The lowest BCUT2D eigenvalue weighted by atomic mass is 10.2. The Morgan fingerprint density at radius 3 is 2.93 bits per heavy atom. The molecule has 0 radical (unpaired) electrons. The highest BCUT2D eigenvalue weighted by molar-refractivity contribution is 7.99. The van der Waals surface area contributed by atoms with Crippen molar-refractivity contribution in [3.63, 3.8) is 0 Å². The van der Waals surface area contributed by atoms with Gasteiger partial charge in [-0.3, -0.25) is 4.79 Å². The minimum Gasteiger partial charge on any atom is -0.486 e. The first-order valence-electron chi connectivity index (χ1n) is 8.94. The summed E-state index contributed by atoms with van der Waals surface area (Å²) in [5.74, 6) is 2.20. The fourth-order valence-electron chi connectivity index (χ4n) is 3.19. The van der Waals surface area contributed by atoms with Crippen LogP contribution in [0.15, 0.2) is 53.7 Å². The number of nitrogens with zero attached hydrogens (tertiary/aromatic N) is 2. The zero-order chi connectivity index (χ0) is 18.9. The van der Waals surface area contributed by atoms with Gasteiger partial charge in [-0.2, -0.15) is 0 Å². The first-order chi connectivity index (χ1) is 13.8. The highest BCUT2D eigenvalue weighted by Crippen LogP contribution is 2.40. The Kier molecular flexibility index (Phi) is 4.58. The summed E-state index contributed by atoms with van der Waals surface area (Å²) in [6.45, 7) is 1.96. The number of anilines is 3. The second kappa shape index (κ2) is 7.37. The Morgan fingerprint density at radius 2 is 2.00 bits per heavy atom. The molecule has 1 N–H and O–H groups in total. The van der Waals surface area contributed by atoms with E-state index in [0.29, 0.717) is 35.3 Å². The summed E-state index contributed by atoms with van der Waals surface area (Å²) in [5, 5.41) is 5.02. The molecule has 0 unspecified atom stereocenters. The van der Waals surface area contributed by atoms with Gasteiger partial charge < -0.3 is 19.7 Å². The average molecular weight is 412 g/mol. The van der Waals surface area contributed by atoms with E-state index >= 15 is 0 Å². The minimum absolute atomic E-state index is 0.134. The van der Waals surface area contributed by atoms with Gasteiger partial charge in [-0.1, -0.05) is 0 Å². The van der Waals surface area contributed by atoms with E-state index in [2.05, 4.69) is 21.3 Å². The topological polar surface area (TPSA) is 63.7 Å². The smallest absolute Gasteiger partial charge is 0.265 e. The van der Waals surface area contributed by atoms with Gasteiger partial charge in [0.15, 0.2) is 11.5 Å². The molecule has 0 spiro atoms. The normalized spacial score (nSPS) is 15.1. The molecule has 0 aliphatic carbocycles. The van der Waals surface area contributed by atoms with Crippen molar-refractivity contribution in [2.75, 3.05) is 35.7 Å². The summed E-state index contributed by atoms with van der Waals surface area (Å²) in [6, 6.07) is 13.3. The van der Waals surface area contributed by atoms with Gasteiger partial charge in [0.1, 0.15) is 18.2 Å². The molecule has 0 saturated carbocycles. The van der Waals surface area contributed by atoms with Gasteiger partial charge in [-0.05, 0) is 36.4 Å². The molecule has 4 heterocycles. The van der Waals surface area contributed by atoms with E-state index in [1.54, 1.807) is 17.8 Å². The summed E-state index contributed by atoms with van der Waals surface area (Å²) >= 11 is 3.24. The van der Waals surface area contributed by atoms with Gasteiger partial charge in [0.05, 0.1) is 15.6 Å². The summed E-state index contributed by atoms with van der Waals surface area (Å²) in [6.07, 6.45) is 1.82. The second-order valence-electron chi connectivity index (χ2n) is 6.28. The molecule has 2 aromatic heterocycles. The number of nitrogens with one attached hydrogen (secondary N) is 1. The van der Waals surface area contributed by atoms with Crippen LogP contribution in [-0.2, 0) is 0 Å². The third-order valence-corrected chi connectivity index (χ3v) is 6.56. The van der Waals surface area contributed by atoms with Crippen molar-refractivity contribution in [2.45, 2.75) is 5.03 Å². The molecular formula is C20H17N3O3S2. The molecule has 28 heavy (non-hydrogen) atoms. The van der Waals surface area contributed by atoms with Crippen molar-refractivity contribution in [1.29, 1.82) is 0 Å². The summed E-state index contributed by atoms with van der Waals surface area (Å²) in [4.78, 5) is 20.1. The van der Waals surface area contributed by atoms with Crippen LogP contribution < -0.4 is 19.7 Å². The number of rotatable bonds is 3. The molecule has 1 amide bonds. The number of pyridine rings is 1. The number of thioether (sulfide) groups is 1. The van der Waals surface area contributed by atoms with Crippen LogP contribution >= 0.6 is 23.1 Å². The van der Waals surface area contributed by atoms with E-state index in [1.807, 2.05) is 36.5 Å². The summed E-state index contributed by atoms with van der Waals surface area (Å²) in [7, 11) is 0. The molecule has 2 aliphatic heterocycles. The van der Waals surface area contributed by atoms with Crippen LogP contribution in [0.2, 0.25) is 0 Å². The van der Waals surface area contributed by atoms with Crippen molar-refractivity contribution in [2.24, 2.45) is 0 Å².